The van der Waals surface area contributed by atoms with Gasteiger partial charge in [0.05, 0.1) is 20.6 Å². The molecule has 10 heteroatoms. The average Bonchev–Trinajstić information content (AvgIpc) is 3.07. The maximum atomic E-state index is 14.5. The van der Waals surface area contributed by atoms with Gasteiger partial charge < -0.3 is 10.2 Å². The van der Waals surface area contributed by atoms with Gasteiger partial charge in [0.25, 0.3) is 10.0 Å². The van der Waals surface area contributed by atoms with E-state index in [1.165, 1.54) is 17.0 Å². The topological polar surface area (TPSA) is 86.8 Å². The minimum absolute atomic E-state index is 0.00240. The molecule has 2 amide bonds. The van der Waals surface area contributed by atoms with Crippen LogP contribution in [-0.4, -0.2) is 44.3 Å². The van der Waals surface area contributed by atoms with Crippen molar-refractivity contribution in [1.82, 2.24) is 10.2 Å². The highest BCUT2D eigenvalue weighted by molar-refractivity contribution is 7.92. The van der Waals surface area contributed by atoms with Crippen LogP contribution in [0.3, 0.4) is 0 Å². The van der Waals surface area contributed by atoms with Gasteiger partial charge in [-0.1, -0.05) is 110 Å². The summed E-state index contributed by atoms with van der Waals surface area (Å²) in [6.07, 6.45) is 2.67. The predicted octanol–water partition coefficient (Wildman–Crippen LogP) is 7.31. The summed E-state index contributed by atoms with van der Waals surface area (Å²) in [7, 11) is -4.16. The van der Waals surface area contributed by atoms with Crippen LogP contribution >= 0.6 is 23.2 Å². The van der Waals surface area contributed by atoms with Crippen molar-refractivity contribution in [3.05, 3.63) is 130 Å². The number of aryl methyl sites for hydroxylation is 1. The number of amides is 2. The lowest BCUT2D eigenvalue weighted by Gasteiger charge is -2.34. The number of unbranched alkanes of at least 4 members (excludes halogenated alkanes) is 1. The molecule has 1 atom stereocenters. The molecule has 0 aliphatic carbocycles. The molecule has 0 aliphatic heterocycles. The number of nitrogens with zero attached hydrogens (tertiary/aromatic N) is 2. The molecular formula is C36H39Cl2N3O4S. The Morgan fingerprint density at radius 3 is 2.02 bits per heavy atom. The van der Waals surface area contributed by atoms with Gasteiger partial charge in [0.2, 0.25) is 11.8 Å². The van der Waals surface area contributed by atoms with Gasteiger partial charge in [0.1, 0.15) is 12.6 Å². The average molecular weight is 681 g/mol. The lowest BCUT2D eigenvalue weighted by atomic mass is 10.0. The second kappa shape index (κ2) is 16.6. The van der Waals surface area contributed by atoms with E-state index < -0.39 is 28.5 Å². The molecule has 0 heterocycles. The smallest absolute Gasteiger partial charge is 0.264 e. The van der Waals surface area contributed by atoms with Crippen molar-refractivity contribution in [2.75, 3.05) is 17.4 Å². The standard InChI is InChI=1S/C36H39Cl2N3O4S/c1-3-5-22-39-36(43)34(24-28-12-8-6-9-13-28)40(25-29-18-21-32(37)33(38)23-29)35(42)26-41(30-19-16-27(4-2)17-20-30)46(44,45)31-14-10-7-11-15-31/h6-21,23,34H,3-5,22,24-26H2,1-2H3,(H,39,43). The van der Waals surface area contributed by atoms with Gasteiger partial charge in [0.15, 0.2) is 0 Å². The molecule has 4 rings (SSSR count). The number of halogens is 2. The van der Waals surface area contributed by atoms with Crippen LogP contribution in [0.5, 0.6) is 0 Å². The summed E-state index contributed by atoms with van der Waals surface area (Å²) < 4.78 is 29.3. The SMILES string of the molecule is CCCCNC(=O)C(Cc1ccccc1)N(Cc1ccc(Cl)c(Cl)c1)C(=O)CN(c1ccc(CC)cc1)S(=O)(=O)c1ccccc1. The molecule has 0 aliphatic rings. The first-order chi connectivity index (χ1) is 22.1. The van der Waals surface area contributed by atoms with Crippen molar-refractivity contribution in [3.8, 4) is 0 Å². The fourth-order valence-corrected chi connectivity index (χ4v) is 6.80. The summed E-state index contributed by atoms with van der Waals surface area (Å²) in [5.41, 5.74) is 2.87. The second-order valence-corrected chi connectivity index (χ2v) is 13.6. The van der Waals surface area contributed by atoms with E-state index in [0.717, 1.165) is 34.7 Å². The minimum Gasteiger partial charge on any atom is -0.354 e. The van der Waals surface area contributed by atoms with Crippen molar-refractivity contribution < 1.29 is 18.0 Å². The van der Waals surface area contributed by atoms with Crippen LogP contribution in [0, 0.1) is 0 Å². The van der Waals surface area contributed by atoms with Crippen molar-refractivity contribution in [3.63, 3.8) is 0 Å². The molecule has 1 N–H and O–H groups in total. The molecule has 4 aromatic rings. The molecule has 4 aromatic carbocycles. The third-order valence-electron chi connectivity index (χ3n) is 7.68. The van der Waals surface area contributed by atoms with Gasteiger partial charge in [-0.25, -0.2) is 8.42 Å². The van der Waals surface area contributed by atoms with Gasteiger partial charge in [-0.05, 0) is 65.9 Å². The quantitative estimate of drug-likeness (QED) is 0.134. The van der Waals surface area contributed by atoms with Gasteiger partial charge in [-0.2, -0.15) is 0 Å². The summed E-state index contributed by atoms with van der Waals surface area (Å²) in [4.78, 5) is 29.9. The highest BCUT2D eigenvalue weighted by Crippen LogP contribution is 2.27. The van der Waals surface area contributed by atoms with Gasteiger partial charge >= 0.3 is 0 Å². The Bertz CT molecular complexity index is 1700. The number of carbonyl (C=O) groups is 2. The van der Waals surface area contributed by atoms with Crippen molar-refractivity contribution in [2.45, 2.75) is 57.0 Å². The number of anilines is 1. The van der Waals surface area contributed by atoms with Crippen molar-refractivity contribution >= 4 is 50.7 Å². The predicted molar refractivity (Wildman–Crippen MR) is 186 cm³/mol. The van der Waals surface area contributed by atoms with Crippen LogP contribution in [-0.2, 0) is 39.0 Å². The Labute approximate surface area is 282 Å². The zero-order valence-electron chi connectivity index (χ0n) is 26.0. The number of hydrogen-bond donors (Lipinski definition) is 1. The van der Waals surface area contributed by atoms with E-state index in [1.807, 2.05) is 56.3 Å². The normalized spacial score (nSPS) is 11.9. The van der Waals surface area contributed by atoms with Crippen LogP contribution < -0.4 is 9.62 Å². The fraction of sp³-hybridized carbons (Fsp3) is 0.278. The van der Waals surface area contributed by atoms with E-state index >= 15 is 0 Å². The zero-order valence-corrected chi connectivity index (χ0v) is 28.4. The third kappa shape index (κ3) is 9.12. The lowest BCUT2D eigenvalue weighted by Crippen LogP contribution is -2.53. The van der Waals surface area contributed by atoms with Gasteiger partial charge in [0, 0.05) is 19.5 Å². The molecule has 0 bridgehead atoms. The highest BCUT2D eigenvalue weighted by atomic mass is 35.5. The van der Waals surface area contributed by atoms with Crippen LogP contribution in [0.2, 0.25) is 10.0 Å². The van der Waals surface area contributed by atoms with Crippen LogP contribution in [0.15, 0.2) is 108 Å². The second-order valence-electron chi connectivity index (χ2n) is 11.0. The zero-order chi connectivity index (χ0) is 33.1. The monoisotopic (exact) mass is 679 g/mol. The molecule has 1 unspecified atom stereocenters. The van der Waals surface area contributed by atoms with Crippen LogP contribution in [0.4, 0.5) is 5.69 Å². The van der Waals surface area contributed by atoms with Crippen LogP contribution in [0.25, 0.3) is 0 Å². The Hall–Kier alpha value is -3.85. The maximum absolute atomic E-state index is 14.5. The molecule has 242 valence electrons. The first kappa shape index (κ1) is 35.0. The Morgan fingerprint density at radius 2 is 1.41 bits per heavy atom. The Morgan fingerprint density at radius 1 is 0.783 bits per heavy atom. The van der Waals surface area contributed by atoms with E-state index in [9.17, 15) is 18.0 Å². The number of carbonyl (C=O) groups excluding carboxylic acids is 2. The first-order valence-electron chi connectivity index (χ1n) is 15.4. The summed E-state index contributed by atoms with van der Waals surface area (Å²) in [5, 5.41) is 3.65. The highest BCUT2D eigenvalue weighted by Gasteiger charge is 2.34. The summed E-state index contributed by atoms with van der Waals surface area (Å²) in [6.45, 7) is 3.96. The van der Waals surface area contributed by atoms with E-state index in [4.69, 9.17) is 23.2 Å². The molecule has 0 radical (unpaired) electrons. The number of hydrogen-bond acceptors (Lipinski definition) is 4. The summed E-state index contributed by atoms with van der Waals surface area (Å²) in [6, 6.07) is 28.6. The molecule has 0 saturated heterocycles. The molecule has 0 spiro atoms. The molecule has 0 aromatic heterocycles. The number of benzene rings is 4. The van der Waals surface area contributed by atoms with Gasteiger partial charge in [-0.3, -0.25) is 13.9 Å². The number of nitrogens with one attached hydrogen (secondary N) is 1. The summed E-state index contributed by atoms with van der Waals surface area (Å²) >= 11 is 12.5. The minimum atomic E-state index is -4.16. The third-order valence-corrected chi connectivity index (χ3v) is 10.2. The molecule has 46 heavy (non-hydrogen) atoms. The van der Waals surface area contributed by atoms with E-state index in [-0.39, 0.29) is 23.8 Å². The van der Waals surface area contributed by atoms with Gasteiger partial charge in [-0.15, -0.1) is 0 Å². The number of sulfonamides is 1. The first-order valence-corrected chi connectivity index (χ1v) is 17.5. The van der Waals surface area contributed by atoms with Crippen molar-refractivity contribution in [2.24, 2.45) is 0 Å². The largest absolute Gasteiger partial charge is 0.354 e. The molecular weight excluding hydrogens is 641 g/mol. The Kier molecular flexibility index (Phi) is 12.7. The van der Waals surface area contributed by atoms with E-state index in [0.29, 0.717) is 27.8 Å². The van der Waals surface area contributed by atoms with E-state index in [1.54, 1.807) is 48.5 Å². The van der Waals surface area contributed by atoms with E-state index in [2.05, 4.69) is 5.32 Å². The lowest BCUT2D eigenvalue weighted by molar-refractivity contribution is -0.140. The molecule has 0 saturated carbocycles. The fourth-order valence-electron chi connectivity index (χ4n) is 5.04. The van der Waals surface area contributed by atoms with Crippen LogP contribution in [0.1, 0.15) is 43.4 Å². The maximum Gasteiger partial charge on any atom is 0.264 e. The molecule has 0 fully saturated rings. The summed E-state index contributed by atoms with van der Waals surface area (Å²) in [5.74, 6) is -0.868. The Balaban J connectivity index is 1.79. The number of rotatable bonds is 15. The van der Waals surface area contributed by atoms with Crippen molar-refractivity contribution in [1.29, 1.82) is 0 Å². The molecule has 7 nitrogen and oxygen atoms in total.